The summed E-state index contributed by atoms with van der Waals surface area (Å²) in [6, 6.07) is 7.04. The van der Waals surface area contributed by atoms with E-state index in [4.69, 9.17) is 0 Å². The Morgan fingerprint density at radius 2 is 1.85 bits per heavy atom. The topological polar surface area (TPSA) is 61.4 Å². The van der Waals surface area contributed by atoms with Crippen LogP contribution in [0.2, 0.25) is 0 Å². The molecule has 1 aromatic carbocycles. The van der Waals surface area contributed by atoms with Crippen LogP contribution in [0, 0.1) is 6.92 Å². The first-order valence-corrected chi connectivity index (χ1v) is 6.47. The predicted molar refractivity (Wildman–Crippen MR) is 77.0 cm³/mol. The number of likely N-dealkylation sites (N-methyl/N-ethyl adjacent to an activating group) is 1. The van der Waals surface area contributed by atoms with Crippen molar-refractivity contribution >= 4 is 11.9 Å². The molecule has 20 heavy (non-hydrogen) atoms. The molecule has 1 unspecified atom stereocenters. The van der Waals surface area contributed by atoms with Crippen molar-refractivity contribution in [3.63, 3.8) is 0 Å². The van der Waals surface area contributed by atoms with E-state index in [1.807, 2.05) is 31.2 Å². The van der Waals surface area contributed by atoms with Crippen molar-refractivity contribution in [2.75, 3.05) is 14.1 Å². The smallest absolute Gasteiger partial charge is 0.319 e. The van der Waals surface area contributed by atoms with Gasteiger partial charge >= 0.3 is 6.03 Å². The van der Waals surface area contributed by atoms with E-state index in [0.29, 0.717) is 11.3 Å². The second-order valence-electron chi connectivity index (χ2n) is 5.13. The molecule has 0 radical (unpaired) electrons. The lowest BCUT2D eigenvalue weighted by atomic mass is 9.92. The summed E-state index contributed by atoms with van der Waals surface area (Å²) in [7, 11) is 3.40. The van der Waals surface area contributed by atoms with E-state index in [1.54, 1.807) is 21.0 Å². The van der Waals surface area contributed by atoms with E-state index >= 15 is 0 Å². The Bertz CT molecular complexity index is 591. The van der Waals surface area contributed by atoms with Gasteiger partial charge in [0.05, 0.1) is 11.6 Å². The van der Waals surface area contributed by atoms with E-state index in [-0.39, 0.29) is 11.9 Å². The van der Waals surface area contributed by atoms with Gasteiger partial charge < -0.3 is 15.5 Å². The van der Waals surface area contributed by atoms with E-state index in [0.717, 1.165) is 11.1 Å². The zero-order valence-electron chi connectivity index (χ0n) is 12.2. The van der Waals surface area contributed by atoms with Crippen molar-refractivity contribution in [3.05, 3.63) is 46.7 Å². The second kappa shape index (κ2) is 5.36. The number of hydrogen-bond donors (Lipinski definition) is 2. The lowest BCUT2D eigenvalue weighted by molar-refractivity contribution is -0.125. The number of aryl methyl sites for hydroxylation is 1. The molecule has 0 aromatic heterocycles. The van der Waals surface area contributed by atoms with Crippen molar-refractivity contribution in [1.29, 1.82) is 0 Å². The molecule has 0 saturated heterocycles. The molecular formula is C15H19N3O2. The molecule has 0 bridgehead atoms. The van der Waals surface area contributed by atoms with Crippen LogP contribution in [0.3, 0.4) is 0 Å². The van der Waals surface area contributed by atoms with Crippen molar-refractivity contribution in [1.82, 2.24) is 15.5 Å². The van der Waals surface area contributed by atoms with Gasteiger partial charge in [-0.1, -0.05) is 24.3 Å². The molecule has 1 atom stereocenters. The van der Waals surface area contributed by atoms with Crippen LogP contribution in [0.25, 0.3) is 0 Å². The fraction of sp³-hybridized carbons (Fsp3) is 0.333. The number of hydrogen-bond acceptors (Lipinski definition) is 2. The van der Waals surface area contributed by atoms with Crippen LogP contribution in [0.1, 0.15) is 24.1 Å². The molecule has 0 spiro atoms. The fourth-order valence-electron chi connectivity index (χ4n) is 2.36. The summed E-state index contributed by atoms with van der Waals surface area (Å²) in [6.07, 6.45) is 0. The Morgan fingerprint density at radius 3 is 2.45 bits per heavy atom. The average molecular weight is 273 g/mol. The van der Waals surface area contributed by atoms with Gasteiger partial charge in [-0.2, -0.15) is 0 Å². The summed E-state index contributed by atoms with van der Waals surface area (Å²) in [5, 5.41) is 5.50. The maximum atomic E-state index is 12.4. The highest BCUT2D eigenvalue weighted by atomic mass is 16.2. The number of nitrogens with one attached hydrogen (secondary N) is 2. The molecule has 1 aromatic rings. The van der Waals surface area contributed by atoms with Gasteiger partial charge in [-0.25, -0.2) is 4.79 Å². The van der Waals surface area contributed by atoms with Crippen molar-refractivity contribution in [2.24, 2.45) is 0 Å². The number of urea groups is 1. The molecule has 0 aliphatic carbocycles. The van der Waals surface area contributed by atoms with Gasteiger partial charge in [0.25, 0.3) is 5.91 Å². The summed E-state index contributed by atoms with van der Waals surface area (Å²) in [6.45, 7) is 3.72. The summed E-state index contributed by atoms with van der Waals surface area (Å²) in [4.78, 5) is 25.6. The van der Waals surface area contributed by atoms with E-state index in [9.17, 15) is 9.59 Å². The first-order valence-electron chi connectivity index (χ1n) is 6.47. The van der Waals surface area contributed by atoms with Gasteiger partial charge in [0.15, 0.2) is 0 Å². The van der Waals surface area contributed by atoms with Gasteiger partial charge in [-0.05, 0) is 25.0 Å². The molecular weight excluding hydrogens is 254 g/mol. The zero-order valence-corrected chi connectivity index (χ0v) is 12.2. The number of allylic oxidation sites excluding steroid dienone is 1. The largest absolute Gasteiger partial charge is 0.345 e. The number of amides is 3. The maximum Gasteiger partial charge on any atom is 0.319 e. The molecule has 1 heterocycles. The molecule has 0 saturated carbocycles. The van der Waals surface area contributed by atoms with E-state index in [2.05, 4.69) is 10.6 Å². The Balaban J connectivity index is 2.54. The summed E-state index contributed by atoms with van der Waals surface area (Å²) in [5.74, 6) is -0.108. The van der Waals surface area contributed by atoms with Crippen LogP contribution in [-0.2, 0) is 4.79 Å². The van der Waals surface area contributed by atoms with Crippen LogP contribution in [0.15, 0.2) is 35.5 Å². The number of carbonyl (C=O) groups excluding carboxylic acids is 2. The normalized spacial score (nSPS) is 18.4. The van der Waals surface area contributed by atoms with Gasteiger partial charge in [-0.3, -0.25) is 4.79 Å². The first-order chi connectivity index (χ1) is 9.41. The van der Waals surface area contributed by atoms with Crippen LogP contribution in [0.4, 0.5) is 4.79 Å². The minimum absolute atomic E-state index is 0.108. The lowest BCUT2D eigenvalue weighted by Gasteiger charge is -2.30. The van der Waals surface area contributed by atoms with Crippen LogP contribution >= 0.6 is 0 Å². The van der Waals surface area contributed by atoms with Gasteiger partial charge in [0.1, 0.15) is 0 Å². The maximum absolute atomic E-state index is 12.4. The number of carbonyl (C=O) groups is 2. The molecule has 106 valence electrons. The number of nitrogens with zero attached hydrogens (tertiary/aromatic N) is 1. The average Bonchev–Trinajstić information content (AvgIpc) is 2.37. The Morgan fingerprint density at radius 1 is 1.20 bits per heavy atom. The van der Waals surface area contributed by atoms with Crippen molar-refractivity contribution in [2.45, 2.75) is 19.9 Å². The van der Waals surface area contributed by atoms with E-state index in [1.165, 1.54) is 4.90 Å². The monoisotopic (exact) mass is 273 g/mol. The number of benzene rings is 1. The molecule has 0 fully saturated rings. The fourth-order valence-corrected chi connectivity index (χ4v) is 2.36. The van der Waals surface area contributed by atoms with Gasteiger partial charge in [0.2, 0.25) is 0 Å². The molecule has 3 amide bonds. The number of rotatable bonds is 2. The molecule has 2 N–H and O–H groups in total. The van der Waals surface area contributed by atoms with Crippen LogP contribution in [0.5, 0.6) is 0 Å². The molecule has 2 rings (SSSR count). The first kappa shape index (κ1) is 14.1. The molecule has 1 aliphatic rings. The zero-order chi connectivity index (χ0) is 14.9. The molecule has 5 nitrogen and oxygen atoms in total. The van der Waals surface area contributed by atoms with Crippen molar-refractivity contribution < 1.29 is 9.59 Å². The SMILES string of the molecule is CC1=C(C(=O)N(C)C)C(c2ccccc2C)NC(=O)N1. The quantitative estimate of drug-likeness (QED) is 0.861. The van der Waals surface area contributed by atoms with Gasteiger partial charge in [-0.15, -0.1) is 0 Å². The molecule has 5 heteroatoms. The highest BCUT2D eigenvalue weighted by Crippen LogP contribution is 2.29. The minimum atomic E-state index is -0.417. The summed E-state index contributed by atoms with van der Waals surface area (Å²) in [5.41, 5.74) is 3.15. The van der Waals surface area contributed by atoms with Gasteiger partial charge in [0, 0.05) is 19.8 Å². The van der Waals surface area contributed by atoms with Crippen LogP contribution < -0.4 is 10.6 Å². The Labute approximate surface area is 118 Å². The second-order valence-corrected chi connectivity index (χ2v) is 5.13. The third kappa shape index (κ3) is 2.52. The lowest BCUT2D eigenvalue weighted by Crippen LogP contribution is -2.47. The molecule has 1 aliphatic heterocycles. The van der Waals surface area contributed by atoms with Crippen LogP contribution in [-0.4, -0.2) is 30.9 Å². The standard InChI is InChI=1S/C15H19N3O2/c1-9-7-5-6-8-11(9)13-12(14(19)18(3)4)10(2)16-15(20)17-13/h5-8,13H,1-4H3,(H2,16,17,20). The Kier molecular flexibility index (Phi) is 3.79. The third-order valence-corrected chi connectivity index (χ3v) is 3.41. The highest BCUT2D eigenvalue weighted by Gasteiger charge is 2.32. The van der Waals surface area contributed by atoms with Crippen molar-refractivity contribution in [3.8, 4) is 0 Å². The predicted octanol–water partition coefficient (Wildman–Crippen LogP) is 1.71. The summed E-state index contributed by atoms with van der Waals surface area (Å²) >= 11 is 0. The third-order valence-electron chi connectivity index (χ3n) is 3.41. The Hall–Kier alpha value is -2.30. The highest BCUT2D eigenvalue weighted by molar-refractivity contribution is 5.98. The van der Waals surface area contributed by atoms with E-state index < -0.39 is 6.04 Å². The minimum Gasteiger partial charge on any atom is -0.345 e. The summed E-state index contributed by atoms with van der Waals surface area (Å²) < 4.78 is 0.